The second kappa shape index (κ2) is 6.73. The number of nitrogens with zero attached hydrogens (tertiary/aromatic N) is 3. The number of ether oxygens (including phenoxy) is 1. The molecule has 0 bridgehead atoms. The highest BCUT2D eigenvalue weighted by Gasteiger charge is 2.23. The van der Waals surface area contributed by atoms with Crippen LogP contribution in [-0.4, -0.2) is 48.1 Å². The highest BCUT2D eigenvalue weighted by Crippen LogP contribution is 2.20. The molecule has 1 aliphatic heterocycles. The van der Waals surface area contributed by atoms with Gasteiger partial charge in [-0.15, -0.1) is 10.2 Å². The van der Waals surface area contributed by atoms with Crippen LogP contribution in [0.25, 0.3) is 0 Å². The first-order valence-corrected chi connectivity index (χ1v) is 9.17. The maximum Gasteiger partial charge on any atom is 0.266 e. The Morgan fingerprint density at radius 1 is 1.29 bits per heavy atom. The van der Waals surface area contributed by atoms with Gasteiger partial charge >= 0.3 is 0 Å². The summed E-state index contributed by atoms with van der Waals surface area (Å²) in [7, 11) is -3.76. The van der Waals surface area contributed by atoms with Crippen molar-refractivity contribution in [1.82, 2.24) is 20.4 Å². The summed E-state index contributed by atoms with van der Waals surface area (Å²) in [5, 5.41) is 17.6. The molecule has 0 amide bonds. The average Bonchev–Trinajstić information content (AvgIpc) is 3.16. The van der Waals surface area contributed by atoms with Gasteiger partial charge in [0.05, 0.1) is 17.5 Å². The van der Waals surface area contributed by atoms with Crippen molar-refractivity contribution >= 4 is 21.7 Å². The van der Waals surface area contributed by atoms with E-state index in [-0.39, 0.29) is 16.8 Å². The van der Waals surface area contributed by atoms with Crippen LogP contribution in [0.5, 0.6) is 0 Å². The summed E-state index contributed by atoms with van der Waals surface area (Å²) in [6, 6.07) is 3.24. The molecule has 3 heterocycles. The quantitative estimate of drug-likeness (QED) is 0.714. The normalized spacial score (nSPS) is 17.8. The lowest BCUT2D eigenvalue weighted by Crippen LogP contribution is -2.19. The Morgan fingerprint density at radius 2 is 2.04 bits per heavy atom. The fraction of sp³-hybridized carbons (Fsp3) is 0.500. The summed E-state index contributed by atoms with van der Waals surface area (Å²) in [6.07, 6.45) is 2.30. The third-order valence-electron chi connectivity index (χ3n) is 3.77. The molecule has 0 aliphatic carbocycles. The molecule has 0 saturated carbocycles. The van der Waals surface area contributed by atoms with Crippen molar-refractivity contribution in [1.29, 1.82) is 0 Å². The van der Waals surface area contributed by atoms with Gasteiger partial charge in [-0.1, -0.05) is 0 Å². The maximum absolute atomic E-state index is 12.4. The minimum absolute atomic E-state index is 0.130. The van der Waals surface area contributed by atoms with E-state index in [1.54, 1.807) is 26.0 Å². The van der Waals surface area contributed by atoms with Gasteiger partial charge < -0.3 is 10.1 Å². The zero-order valence-corrected chi connectivity index (χ0v) is 14.4. The van der Waals surface area contributed by atoms with Gasteiger partial charge in [0, 0.05) is 13.2 Å². The first-order chi connectivity index (χ1) is 11.5. The fourth-order valence-corrected chi connectivity index (χ4v) is 4.00. The molecule has 1 atom stereocenters. The van der Waals surface area contributed by atoms with Gasteiger partial charge in [-0.2, -0.15) is 5.10 Å². The van der Waals surface area contributed by atoms with E-state index in [0.29, 0.717) is 23.8 Å². The lowest BCUT2D eigenvalue weighted by Gasteiger charge is -2.11. The van der Waals surface area contributed by atoms with Crippen LogP contribution in [0.2, 0.25) is 0 Å². The molecule has 130 valence electrons. The second-order valence-electron chi connectivity index (χ2n) is 5.69. The van der Waals surface area contributed by atoms with E-state index >= 15 is 0 Å². The largest absolute Gasteiger partial charge is 0.376 e. The molecule has 1 saturated heterocycles. The van der Waals surface area contributed by atoms with Crippen LogP contribution >= 0.6 is 0 Å². The number of hydrogen-bond donors (Lipinski definition) is 3. The number of hydrogen-bond acceptors (Lipinski definition) is 7. The average molecular weight is 352 g/mol. The standard InChI is InChI=1S/C14H20N6O3S/c1-9-14(10(2)17-16-9)24(21,22)20-13-6-5-12(18-19-13)15-8-11-4-3-7-23-11/h5-6,11H,3-4,7-8H2,1-2H3,(H,15,18)(H,16,17)(H,19,20). The molecule has 10 heteroatoms. The highest BCUT2D eigenvalue weighted by atomic mass is 32.2. The molecule has 2 aromatic rings. The number of H-pyrrole nitrogens is 1. The topological polar surface area (TPSA) is 122 Å². The molecular formula is C14H20N6O3S. The van der Waals surface area contributed by atoms with Crippen molar-refractivity contribution in [2.24, 2.45) is 0 Å². The highest BCUT2D eigenvalue weighted by molar-refractivity contribution is 7.92. The van der Waals surface area contributed by atoms with Crippen LogP contribution < -0.4 is 10.0 Å². The van der Waals surface area contributed by atoms with Crippen molar-refractivity contribution in [3.8, 4) is 0 Å². The van der Waals surface area contributed by atoms with Gasteiger partial charge in [0.25, 0.3) is 10.0 Å². The third kappa shape index (κ3) is 3.65. The zero-order chi connectivity index (χ0) is 17.2. The van der Waals surface area contributed by atoms with Gasteiger partial charge in [-0.05, 0) is 38.8 Å². The molecule has 3 rings (SSSR count). The molecule has 0 aromatic carbocycles. The number of rotatable bonds is 6. The van der Waals surface area contributed by atoms with Gasteiger partial charge in [0.15, 0.2) is 5.82 Å². The van der Waals surface area contributed by atoms with Crippen molar-refractivity contribution < 1.29 is 13.2 Å². The van der Waals surface area contributed by atoms with Crippen molar-refractivity contribution in [3.63, 3.8) is 0 Å². The monoisotopic (exact) mass is 352 g/mol. The predicted octanol–water partition coefficient (Wildman–Crippen LogP) is 1.21. The van der Waals surface area contributed by atoms with Crippen LogP contribution in [0.4, 0.5) is 11.6 Å². The lowest BCUT2D eigenvalue weighted by molar-refractivity contribution is 0.120. The van der Waals surface area contributed by atoms with Crippen LogP contribution in [-0.2, 0) is 14.8 Å². The Balaban J connectivity index is 1.65. The van der Waals surface area contributed by atoms with Crippen LogP contribution in [0.15, 0.2) is 17.0 Å². The van der Waals surface area contributed by atoms with Crippen molar-refractivity contribution in [3.05, 3.63) is 23.5 Å². The predicted molar refractivity (Wildman–Crippen MR) is 88.4 cm³/mol. The summed E-state index contributed by atoms with van der Waals surface area (Å²) in [5.74, 6) is 0.724. The zero-order valence-electron chi connectivity index (χ0n) is 13.5. The third-order valence-corrected chi connectivity index (χ3v) is 5.38. The van der Waals surface area contributed by atoms with E-state index in [1.165, 1.54) is 0 Å². The first kappa shape index (κ1) is 16.7. The van der Waals surface area contributed by atoms with Crippen molar-refractivity contribution in [2.75, 3.05) is 23.2 Å². The summed E-state index contributed by atoms with van der Waals surface area (Å²) in [4.78, 5) is 0.130. The summed E-state index contributed by atoms with van der Waals surface area (Å²) in [6.45, 7) is 4.74. The van der Waals surface area contributed by atoms with Crippen LogP contribution in [0.3, 0.4) is 0 Å². The molecule has 1 unspecified atom stereocenters. The second-order valence-corrected chi connectivity index (χ2v) is 7.31. The Bertz CT molecular complexity index is 777. The van der Waals surface area contributed by atoms with E-state index in [0.717, 1.165) is 19.4 Å². The molecule has 9 nitrogen and oxygen atoms in total. The van der Waals surface area contributed by atoms with E-state index in [2.05, 4.69) is 30.4 Å². The number of sulfonamides is 1. The molecule has 0 spiro atoms. The molecule has 1 fully saturated rings. The minimum Gasteiger partial charge on any atom is -0.376 e. The molecular weight excluding hydrogens is 332 g/mol. The smallest absolute Gasteiger partial charge is 0.266 e. The summed E-state index contributed by atoms with van der Waals surface area (Å²) in [5.41, 5.74) is 0.880. The number of anilines is 2. The first-order valence-electron chi connectivity index (χ1n) is 7.69. The number of aryl methyl sites for hydroxylation is 2. The summed E-state index contributed by atoms with van der Waals surface area (Å²) >= 11 is 0. The Hall–Kier alpha value is -2.20. The van der Waals surface area contributed by atoms with E-state index < -0.39 is 10.0 Å². The van der Waals surface area contributed by atoms with Crippen molar-refractivity contribution in [2.45, 2.75) is 37.7 Å². The van der Waals surface area contributed by atoms with Gasteiger partial charge in [0.1, 0.15) is 10.7 Å². The molecule has 1 aliphatic rings. The molecule has 3 N–H and O–H groups in total. The molecule has 2 aromatic heterocycles. The molecule has 24 heavy (non-hydrogen) atoms. The van der Waals surface area contributed by atoms with E-state index in [4.69, 9.17) is 4.74 Å². The van der Waals surface area contributed by atoms with Crippen LogP contribution in [0.1, 0.15) is 24.2 Å². The molecule has 0 radical (unpaired) electrons. The van der Waals surface area contributed by atoms with Crippen LogP contribution in [0, 0.1) is 13.8 Å². The minimum atomic E-state index is -3.76. The Morgan fingerprint density at radius 3 is 2.62 bits per heavy atom. The summed E-state index contributed by atoms with van der Waals surface area (Å²) < 4.78 is 32.8. The lowest BCUT2D eigenvalue weighted by atomic mass is 10.2. The number of nitrogens with one attached hydrogen (secondary N) is 3. The van der Waals surface area contributed by atoms with E-state index in [9.17, 15) is 8.42 Å². The fourth-order valence-electron chi connectivity index (χ4n) is 2.63. The van der Waals surface area contributed by atoms with Gasteiger partial charge in [0.2, 0.25) is 0 Å². The Kier molecular flexibility index (Phi) is 4.67. The maximum atomic E-state index is 12.4. The number of aromatic nitrogens is 4. The van der Waals surface area contributed by atoms with Gasteiger partial charge in [-0.25, -0.2) is 8.42 Å². The number of aromatic amines is 1. The van der Waals surface area contributed by atoms with Gasteiger partial charge in [-0.3, -0.25) is 9.82 Å². The SMILES string of the molecule is Cc1n[nH]c(C)c1S(=O)(=O)Nc1ccc(NCC2CCCO2)nn1. The van der Waals surface area contributed by atoms with E-state index in [1.807, 2.05) is 0 Å². The Labute approximate surface area is 140 Å².